The lowest BCUT2D eigenvalue weighted by molar-refractivity contribution is -0.308. The molecular formula is C33H47NO13. The van der Waals surface area contributed by atoms with E-state index in [-0.39, 0.29) is 25.4 Å². The van der Waals surface area contributed by atoms with E-state index in [0.29, 0.717) is 6.42 Å². The van der Waals surface area contributed by atoms with Crippen LogP contribution in [0.3, 0.4) is 0 Å². The van der Waals surface area contributed by atoms with Gasteiger partial charge in [0.1, 0.15) is 24.2 Å². The molecule has 14 atom stereocenters. The number of fused-ring (bicyclic) bond motifs is 3. The SMILES string of the molecule is C[C@@H]1CC=CC=CC=CC=CC(O[C@@H]2O[C@H](C)[C@@H](O)[C@H](N)[C@@H]2O)C[C@@H]2O[C@](O)(C[C@@H](O)C[C@H]3O[C@@H]3C=CC(=O)O1)C[C@H](O)[C@H]2C(=O)O. The third kappa shape index (κ3) is 10.6. The van der Waals surface area contributed by atoms with Gasteiger partial charge in [-0.2, -0.15) is 0 Å². The number of carboxylic acid groups (broad SMARTS) is 1. The number of carbonyl (C=O) groups excluding carboxylic acids is 1. The number of esters is 1. The minimum absolute atomic E-state index is 0.0789. The summed E-state index contributed by atoms with van der Waals surface area (Å²) < 4.78 is 28.5. The van der Waals surface area contributed by atoms with Gasteiger partial charge in [-0.1, -0.05) is 48.6 Å². The van der Waals surface area contributed by atoms with Gasteiger partial charge in [0, 0.05) is 38.2 Å². The number of aliphatic carboxylic acids is 1. The molecule has 14 nitrogen and oxygen atoms in total. The summed E-state index contributed by atoms with van der Waals surface area (Å²) >= 11 is 0. The Morgan fingerprint density at radius 2 is 1.64 bits per heavy atom. The molecule has 8 N–H and O–H groups in total. The number of carbonyl (C=O) groups is 2. The van der Waals surface area contributed by atoms with Crippen LogP contribution in [0.5, 0.6) is 0 Å². The Hall–Kier alpha value is -2.76. The van der Waals surface area contributed by atoms with Crippen molar-refractivity contribution >= 4 is 11.9 Å². The minimum atomic E-state index is -2.10. The number of hydrogen-bond donors (Lipinski definition) is 7. The monoisotopic (exact) mass is 665 g/mol. The molecule has 4 aliphatic rings. The molecule has 4 rings (SSSR count). The molecule has 47 heavy (non-hydrogen) atoms. The number of epoxide rings is 1. The molecule has 14 heteroatoms. The van der Waals surface area contributed by atoms with E-state index in [1.165, 1.54) is 12.2 Å². The zero-order valence-electron chi connectivity index (χ0n) is 26.4. The first-order valence-corrected chi connectivity index (χ1v) is 15.9. The van der Waals surface area contributed by atoms with Crippen LogP contribution in [0, 0.1) is 5.92 Å². The number of rotatable bonds is 3. The summed E-state index contributed by atoms with van der Waals surface area (Å²) in [6.07, 6.45) is 5.25. The van der Waals surface area contributed by atoms with E-state index in [1.54, 1.807) is 56.4 Å². The van der Waals surface area contributed by atoms with E-state index in [9.17, 15) is 40.2 Å². The van der Waals surface area contributed by atoms with Gasteiger partial charge in [-0.3, -0.25) is 4.79 Å². The van der Waals surface area contributed by atoms with Crippen molar-refractivity contribution in [1.82, 2.24) is 0 Å². The molecule has 0 aromatic heterocycles. The lowest BCUT2D eigenvalue weighted by Crippen LogP contribution is -2.61. The van der Waals surface area contributed by atoms with Gasteiger partial charge in [0.2, 0.25) is 0 Å². The first kappa shape index (κ1) is 37.1. The second-order valence-corrected chi connectivity index (χ2v) is 12.6. The molecule has 3 saturated heterocycles. The van der Waals surface area contributed by atoms with Gasteiger partial charge in [0.05, 0.1) is 48.8 Å². The predicted octanol–water partition coefficient (Wildman–Crippen LogP) is 0.120. The van der Waals surface area contributed by atoms with Gasteiger partial charge < -0.3 is 60.1 Å². The summed E-state index contributed by atoms with van der Waals surface area (Å²) in [7, 11) is 0. The Bertz CT molecular complexity index is 1220. The Balaban J connectivity index is 1.58. The topological polar surface area (TPSA) is 231 Å². The molecule has 4 heterocycles. The number of cyclic esters (lactones) is 1. The first-order chi connectivity index (χ1) is 22.3. The molecule has 262 valence electrons. The largest absolute Gasteiger partial charge is 0.481 e. The highest BCUT2D eigenvalue weighted by molar-refractivity contribution is 5.82. The summed E-state index contributed by atoms with van der Waals surface area (Å²) in [4.78, 5) is 24.4. The average Bonchev–Trinajstić information content (AvgIpc) is 3.72. The van der Waals surface area contributed by atoms with Crippen LogP contribution in [0.15, 0.2) is 60.8 Å². The maximum Gasteiger partial charge on any atom is 0.330 e. The predicted molar refractivity (Wildman–Crippen MR) is 165 cm³/mol. The van der Waals surface area contributed by atoms with Gasteiger partial charge in [-0.05, 0) is 19.9 Å². The zero-order valence-corrected chi connectivity index (χ0v) is 26.4. The van der Waals surface area contributed by atoms with Gasteiger partial charge in [0.15, 0.2) is 12.1 Å². The quantitative estimate of drug-likeness (QED) is 0.157. The minimum Gasteiger partial charge on any atom is -0.481 e. The molecule has 0 aromatic carbocycles. The fourth-order valence-electron chi connectivity index (χ4n) is 6.00. The van der Waals surface area contributed by atoms with Gasteiger partial charge in [-0.25, -0.2) is 4.79 Å². The van der Waals surface area contributed by atoms with Crippen molar-refractivity contribution in [3.05, 3.63) is 60.8 Å². The summed E-state index contributed by atoms with van der Waals surface area (Å²) in [5.41, 5.74) is 5.98. The summed E-state index contributed by atoms with van der Waals surface area (Å²) in [5, 5.41) is 63.9. The van der Waals surface area contributed by atoms with E-state index in [1.807, 2.05) is 6.08 Å². The van der Waals surface area contributed by atoms with Crippen LogP contribution in [-0.4, -0.2) is 122 Å². The van der Waals surface area contributed by atoms with Crippen LogP contribution in [0.25, 0.3) is 0 Å². The molecular weight excluding hydrogens is 618 g/mol. The van der Waals surface area contributed by atoms with E-state index in [4.69, 9.17) is 29.4 Å². The lowest BCUT2D eigenvalue weighted by atomic mass is 9.83. The van der Waals surface area contributed by atoms with Crippen molar-refractivity contribution in [3.63, 3.8) is 0 Å². The Labute approximate surface area is 273 Å². The smallest absolute Gasteiger partial charge is 0.330 e. The zero-order chi connectivity index (χ0) is 34.3. The third-order valence-electron chi connectivity index (χ3n) is 8.58. The summed E-state index contributed by atoms with van der Waals surface area (Å²) in [6, 6.07) is -1.08. The van der Waals surface area contributed by atoms with Crippen molar-refractivity contribution in [3.8, 4) is 0 Å². The van der Waals surface area contributed by atoms with Crippen LogP contribution >= 0.6 is 0 Å². The summed E-state index contributed by atoms with van der Waals surface area (Å²) in [6.45, 7) is 3.34. The van der Waals surface area contributed by atoms with Crippen molar-refractivity contribution in [2.45, 2.75) is 125 Å². The number of ether oxygens (including phenoxy) is 5. The fourth-order valence-corrected chi connectivity index (χ4v) is 6.00. The van der Waals surface area contributed by atoms with Gasteiger partial charge in [-0.15, -0.1) is 0 Å². The number of aliphatic hydroxyl groups excluding tert-OH is 4. The second kappa shape index (κ2) is 16.6. The van der Waals surface area contributed by atoms with Crippen molar-refractivity contribution in [2.24, 2.45) is 11.7 Å². The number of nitrogens with two attached hydrogens (primary N) is 1. The Morgan fingerprint density at radius 1 is 0.936 bits per heavy atom. The third-order valence-corrected chi connectivity index (χ3v) is 8.58. The Morgan fingerprint density at radius 3 is 2.36 bits per heavy atom. The van der Waals surface area contributed by atoms with Crippen LogP contribution in [-0.2, 0) is 33.3 Å². The molecule has 0 aliphatic carbocycles. The highest BCUT2D eigenvalue weighted by Crippen LogP contribution is 2.39. The molecule has 0 radical (unpaired) electrons. The summed E-state index contributed by atoms with van der Waals surface area (Å²) in [5.74, 6) is -5.45. The van der Waals surface area contributed by atoms with Crippen molar-refractivity contribution < 1.29 is 63.9 Å². The van der Waals surface area contributed by atoms with E-state index in [2.05, 4.69) is 0 Å². The van der Waals surface area contributed by atoms with Gasteiger partial charge in [0.25, 0.3) is 0 Å². The van der Waals surface area contributed by atoms with Crippen molar-refractivity contribution in [1.29, 1.82) is 0 Å². The molecule has 1 unspecified atom stereocenters. The van der Waals surface area contributed by atoms with Crippen molar-refractivity contribution in [2.75, 3.05) is 0 Å². The number of aliphatic hydroxyl groups is 5. The van der Waals surface area contributed by atoms with Crippen LogP contribution in [0.1, 0.15) is 46.0 Å². The molecule has 0 aromatic rings. The maximum atomic E-state index is 12.3. The number of hydrogen-bond acceptors (Lipinski definition) is 13. The molecule has 0 saturated carbocycles. The molecule has 3 fully saturated rings. The van der Waals surface area contributed by atoms with Crippen LogP contribution in [0.4, 0.5) is 0 Å². The normalized spacial score (nSPS) is 43.8. The molecule has 0 amide bonds. The van der Waals surface area contributed by atoms with Gasteiger partial charge >= 0.3 is 11.9 Å². The number of carboxylic acids is 1. The van der Waals surface area contributed by atoms with E-state index >= 15 is 0 Å². The van der Waals surface area contributed by atoms with Crippen LogP contribution in [0.2, 0.25) is 0 Å². The Kier molecular flexibility index (Phi) is 13.1. The van der Waals surface area contributed by atoms with Crippen LogP contribution < -0.4 is 5.73 Å². The fraction of sp³-hybridized carbons (Fsp3) is 0.636. The standard InChI is InChI=1S/C33H47NO13/c1-18-10-8-6-4-3-5-7-9-11-21(45-32-30(39)28(34)29(38)19(2)44-32)15-25-27(31(40)41)22(36)17-33(42,47-25)16-20(35)14-24-23(46-24)12-13-26(37)43-18/h3-9,11-13,18-25,27-30,32,35-36,38-39,42H,10,14-17,34H2,1-2H3,(H,40,41)/t18-,19-,20+,21?,22+,23-,24-,25+,27-,28+,29-,30+,32+,33-/m1/s1. The average molecular weight is 666 g/mol. The molecule has 4 aliphatic heterocycles. The highest BCUT2D eigenvalue weighted by atomic mass is 16.7. The first-order valence-electron chi connectivity index (χ1n) is 15.9. The number of allylic oxidation sites excluding steroid dienone is 6. The molecule has 2 bridgehead atoms. The highest BCUT2D eigenvalue weighted by Gasteiger charge is 2.51. The second-order valence-electron chi connectivity index (χ2n) is 12.6. The van der Waals surface area contributed by atoms with E-state index in [0.717, 1.165) is 0 Å². The molecule has 0 spiro atoms. The van der Waals surface area contributed by atoms with E-state index < -0.39 is 97.3 Å². The lowest BCUT2D eigenvalue weighted by Gasteiger charge is -2.45. The maximum absolute atomic E-state index is 12.3.